The van der Waals surface area contributed by atoms with Crippen molar-refractivity contribution in [1.29, 1.82) is 0 Å². The average Bonchev–Trinajstić information content (AvgIpc) is 3.72. The first-order chi connectivity index (χ1) is 25.2. The largest absolute Gasteiger partial charge is 1.00 e. The van der Waals surface area contributed by atoms with Crippen LogP contribution in [0, 0.1) is 47.6 Å². The fraction of sp³-hybridized carbons (Fsp3) is 0.294. The van der Waals surface area contributed by atoms with E-state index in [0.717, 1.165) is 11.4 Å². The van der Waals surface area contributed by atoms with Crippen LogP contribution in [-0.4, -0.2) is 3.71 Å². The van der Waals surface area contributed by atoms with Crippen molar-refractivity contribution in [3.8, 4) is 33.4 Å². The summed E-state index contributed by atoms with van der Waals surface area (Å²) in [6.07, 6.45) is 4.80. The summed E-state index contributed by atoms with van der Waals surface area (Å²) in [5.41, 5.74) is 23.2. The minimum Gasteiger partial charge on any atom is -1.00 e. The van der Waals surface area contributed by atoms with Gasteiger partial charge in [0.15, 0.2) is 0 Å². The van der Waals surface area contributed by atoms with Gasteiger partial charge in [0.05, 0.1) is 0 Å². The van der Waals surface area contributed by atoms with E-state index in [1.54, 1.807) is 0 Å². The van der Waals surface area contributed by atoms with Gasteiger partial charge in [-0.1, -0.05) is 134 Å². The van der Waals surface area contributed by atoms with Gasteiger partial charge in [0.2, 0.25) is 0 Å². The maximum Gasteiger partial charge on any atom is -1.00 e. The summed E-state index contributed by atoms with van der Waals surface area (Å²) < 4.78 is 2.13. The molecule has 1 aliphatic rings. The van der Waals surface area contributed by atoms with E-state index in [1.165, 1.54) is 138 Å². The summed E-state index contributed by atoms with van der Waals surface area (Å²) in [5, 5.41) is 0.802. The van der Waals surface area contributed by atoms with Crippen LogP contribution in [0.25, 0.3) is 33.4 Å². The maximum atomic E-state index is 5.66. The molecule has 7 rings (SSSR count). The van der Waals surface area contributed by atoms with Gasteiger partial charge in [-0.2, -0.15) is 23.3 Å². The van der Waals surface area contributed by atoms with Gasteiger partial charge in [0, 0.05) is 0 Å². The van der Waals surface area contributed by atoms with Crippen molar-refractivity contribution >= 4 is 15.3 Å². The third-order valence-electron chi connectivity index (χ3n) is 10.2. The summed E-state index contributed by atoms with van der Waals surface area (Å²) in [5.74, 6) is 0. The molecule has 0 saturated carbocycles. The average molecular weight is 866 g/mol. The maximum absolute atomic E-state index is 5.66. The smallest absolute Gasteiger partial charge is 1.00 e. The molecule has 0 N–H and O–H groups in total. The Balaban J connectivity index is 0.000000280. The molecule has 0 saturated heterocycles. The van der Waals surface area contributed by atoms with E-state index in [9.17, 15) is 0 Å². The number of fused-ring (bicyclic) bond motifs is 3. The molecule has 1 aliphatic carbocycles. The third-order valence-corrected chi connectivity index (χ3v) is 11.3. The molecular weight excluding hydrogens is 810 g/mol. The molecule has 0 spiro atoms. The summed E-state index contributed by atoms with van der Waals surface area (Å²) in [6.45, 7) is 22.3. The van der Waals surface area contributed by atoms with Gasteiger partial charge in [-0.3, -0.25) is 0 Å². The molecule has 55 heavy (non-hydrogen) atoms. The Labute approximate surface area is 364 Å². The van der Waals surface area contributed by atoms with E-state index in [2.05, 4.69) is 152 Å². The van der Waals surface area contributed by atoms with E-state index >= 15 is 0 Å². The summed E-state index contributed by atoms with van der Waals surface area (Å²) in [7, 11) is 0. The molecule has 4 heteroatoms. The normalized spacial score (nSPS) is 11.1. The molecule has 0 amide bonds. The number of unbranched alkanes of at least 4 members (excludes halogenated alkanes) is 1. The molecule has 0 bridgehead atoms. The number of benzene rings is 5. The van der Waals surface area contributed by atoms with Crippen molar-refractivity contribution < 1.29 is 49.0 Å². The predicted octanol–water partition coefficient (Wildman–Crippen LogP) is 8.33. The summed E-state index contributed by atoms with van der Waals surface area (Å²) in [6, 6.07) is 39.2. The van der Waals surface area contributed by atoms with E-state index in [4.69, 9.17) is 11.6 Å². The number of hydrogen-bond acceptors (Lipinski definition) is 0. The first kappa shape index (κ1) is 46.5. The fourth-order valence-corrected chi connectivity index (χ4v) is 8.32. The zero-order valence-electron chi connectivity index (χ0n) is 34.3. The summed E-state index contributed by atoms with van der Waals surface area (Å²) >= 11 is 7.08. The quantitative estimate of drug-likeness (QED) is 0.148. The number of aryl methyl sites for hydroxylation is 7. The second-order valence-electron chi connectivity index (χ2n) is 15.9. The number of hydrogen-bond donors (Lipinski definition) is 0. The molecule has 6 aromatic carbocycles. The standard InChI is InChI=1S/C31H29.C13H21.C7H5Cl.2ClH.Zr/c1-18-11-20(3)30(21(4)12-18)24-7-9-28-26(15-24)17-27-16-25(8-10-29(27)28)31-22(5)13-19(2)14-23(31)6;1-5-6-7-11-8-9-12(10-11)13(2,3)4;1-6-2-4-7(8)5-3-6;;;/h7-15H,17H2,1-6H3;8-10H,5-7H2,1-4H3;1-5H;2*1H;/q2*-1;;;;+2/p-2. The van der Waals surface area contributed by atoms with Gasteiger partial charge in [0.25, 0.3) is 0 Å². The summed E-state index contributed by atoms with van der Waals surface area (Å²) in [4.78, 5) is 0. The monoisotopic (exact) mass is 862 g/mol. The predicted molar refractivity (Wildman–Crippen MR) is 229 cm³/mol. The molecule has 0 aliphatic heterocycles. The first-order valence-corrected chi connectivity index (χ1v) is 20.8. The van der Waals surface area contributed by atoms with Gasteiger partial charge in [0.1, 0.15) is 0 Å². The van der Waals surface area contributed by atoms with E-state index in [0.29, 0.717) is 5.41 Å². The second-order valence-corrected chi connectivity index (χ2v) is 17.1. The molecule has 0 atom stereocenters. The van der Waals surface area contributed by atoms with E-state index in [-0.39, 0.29) is 24.8 Å². The Morgan fingerprint density at radius 1 is 0.727 bits per heavy atom. The molecule has 0 radical (unpaired) electrons. The Hall–Kier alpha value is -2.93. The van der Waals surface area contributed by atoms with Crippen molar-refractivity contribution in [1.82, 2.24) is 0 Å². The minimum atomic E-state index is 0. The second kappa shape index (κ2) is 20.5. The van der Waals surface area contributed by atoms with Crippen molar-refractivity contribution in [3.63, 3.8) is 0 Å². The van der Waals surface area contributed by atoms with Gasteiger partial charge in [-0.05, 0) is 75.8 Å². The van der Waals surface area contributed by atoms with Crippen LogP contribution in [0.4, 0.5) is 0 Å². The Morgan fingerprint density at radius 2 is 1.29 bits per heavy atom. The van der Waals surface area contributed by atoms with Gasteiger partial charge in [-0.25, -0.2) is 6.07 Å². The van der Waals surface area contributed by atoms with Crippen LogP contribution in [0.15, 0.2) is 97.1 Å². The fourth-order valence-electron chi connectivity index (χ4n) is 7.72. The molecule has 0 unspecified atom stereocenters. The van der Waals surface area contributed by atoms with Crippen LogP contribution in [-0.2, 0) is 42.5 Å². The molecule has 0 aromatic heterocycles. The van der Waals surface area contributed by atoms with Crippen LogP contribution < -0.4 is 24.8 Å². The van der Waals surface area contributed by atoms with Crippen LogP contribution in [0.5, 0.6) is 0 Å². The van der Waals surface area contributed by atoms with Crippen LogP contribution in [0.3, 0.4) is 0 Å². The van der Waals surface area contributed by atoms with E-state index < -0.39 is 0 Å². The Kier molecular flexibility index (Phi) is 17.3. The molecule has 0 nitrogen and oxygen atoms in total. The number of halogens is 3. The van der Waals surface area contributed by atoms with Crippen molar-refractivity contribution in [2.75, 3.05) is 0 Å². The Morgan fingerprint density at radius 3 is 1.82 bits per heavy atom. The number of rotatable bonds is 6. The molecular formula is C51H55Cl3Zr-2. The van der Waals surface area contributed by atoms with Crippen molar-refractivity contribution in [2.24, 2.45) is 0 Å². The topological polar surface area (TPSA) is 0 Å². The molecule has 0 heterocycles. The minimum absolute atomic E-state index is 0. The van der Waals surface area contributed by atoms with Crippen LogP contribution >= 0.6 is 11.6 Å². The van der Waals surface area contributed by atoms with Crippen LogP contribution in [0.2, 0.25) is 5.02 Å². The van der Waals surface area contributed by atoms with Crippen molar-refractivity contribution in [3.05, 3.63) is 169 Å². The first-order valence-electron chi connectivity index (χ1n) is 19.1. The Bertz CT molecular complexity index is 2060. The van der Waals surface area contributed by atoms with E-state index in [1.807, 2.05) is 24.3 Å². The van der Waals surface area contributed by atoms with Crippen LogP contribution in [0.1, 0.15) is 102 Å². The zero-order valence-corrected chi connectivity index (χ0v) is 39.0. The zero-order chi connectivity index (χ0) is 38.4. The SMILES string of the molecule is CCCCc1cc(C(C)(C)C)c[cH-]1.Cc1cc(C)c(-c2[c-]c3c(cc2)-c2ccc(-c4c(C)cc(C)cc4C)cc2C3)c(C)c1.Clc1ccc([CH]=[Zr+2])cc1.[Cl-].[Cl-]. The molecule has 0 fully saturated rings. The van der Waals surface area contributed by atoms with Gasteiger partial charge < -0.3 is 24.8 Å². The van der Waals surface area contributed by atoms with Gasteiger partial charge >= 0.3 is 74.4 Å². The van der Waals surface area contributed by atoms with Gasteiger partial charge in [-0.15, -0.1) is 29.3 Å². The molecule has 6 aromatic rings. The third kappa shape index (κ3) is 11.8. The molecule has 286 valence electrons. The van der Waals surface area contributed by atoms with Crippen molar-refractivity contribution in [2.45, 2.75) is 100 Å².